The molecule has 6 nitrogen and oxygen atoms in total. The van der Waals surface area contributed by atoms with Gasteiger partial charge in [0, 0.05) is 11.3 Å². The molecule has 3 rings (SSSR count). The van der Waals surface area contributed by atoms with Crippen molar-refractivity contribution in [3.05, 3.63) is 28.7 Å². The molecule has 0 saturated carbocycles. The Balaban J connectivity index is 2.04. The summed E-state index contributed by atoms with van der Waals surface area (Å²) in [7, 11) is 0. The van der Waals surface area contributed by atoms with Crippen LogP contribution in [0, 0.1) is 0 Å². The minimum atomic E-state index is -0.259. The number of nitrogens with one attached hydrogen (secondary N) is 1. The zero-order valence-electron chi connectivity index (χ0n) is 11.3. The van der Waals surface area contributed by atoms with Crippen molar-refractivity contribution in [1.29, 1.82) is 0 Å². The van der Waals surface area contributed by atoms with Gasteiger partial charge in [0.2, 0.25) is 0 Å². The minimum Gasteiger partial charge on any atom is -0.486 e. The SMILES string of the molecule is CC(C)Sc1n[nH]c(=O)n1-c1ccc2c(c1)OCCO2. The molecule has 0 bridgehead atoms. The molecular weight excluding hydrogens is 278 g/mol. The summed E-state index contributed by atoms with van der Waals surface area (Å²) in [5, 5.41) is 7.52. The summed E-state index contributed by atoms with van der Waals surface area (Å²) in [5.41, 5.74) is 0.459. The number of aromatic amines is 1. The Morgan fingerprint density at radius 1 is 1.30 bits per heavy atom. The zero-order chi connectivity index (χ0) is 14.1. The van der Waals surface area contributed by atoms with E-state index in [1.807, 2.05) is 12.1 Å². The number of benzene rings is 1. The van der Waals surface area contributed by atoms with Gasteiger partial charge in [0.15, 0.2) is 16.7 Å². The third kappa shape index (κ3) is 2.40. The van der Waals surface area contributed by atoms with Gasteiger partial charge in [0.1, 0.15) is 13.2 Å². The van der Waals surface area contributed by atoms with Crippen LogP contribution in [0.5, 0.6) is 11.5 Å². The Morgan fingerprint density at radius 3 is 2.80 bits per heavy atom. The van der Waals surface area contributed by atoms with E-state index >= 15 is 0 Å². The van der Waals surface area contributed by atoms with Crippen LogP contribution < -0.4 is 15.2 Å². The number of fused-ring (bicyclic) bond motifs is 1. The molecule has 0 radical (unpaired) electrons. The molecule has 1 aromatic heterocycles. The van der Waals surface area contributed by atoms with E-state index in [0.29, 0.717) is 35.1 Å². The summed E-state index contributed by atoms with van der Waals surface area (Å²) >= 11 is 1.53. The number of thioether (sulfide) groups is 1. The van der Waals surface area contributed by atoms with Crippen LogP contribution in [0.1, 0.15) is 13.8 Å². The standard InChI is InChI=1S/C13H15N3O3S/c1-8(2)20-13-15-14-12(17)16(13)9-3-4-10-11(7-9)19-6-5-18-10/h3-4,7-8H,5-6H2,1-2H3,(H,14,17). The van der Waals surface area contributed by atoms with Gasteiger partial charge in [-0.25, -0.2) is 14.5 Å². The highest BCUT2D eigenvalue weighted by molar-refractivity contribution is 7.99. The molecule has 0 fully saturated rings. The van der Waals surface area contributed by atoms with Crippen molar-refractivity contribution in [2.45, 2.75) is 24.3 Å². The van der Waals surface area contributed by atoms with E-state index < -0.39 is 0 Å². The Hall–Kier alpha value is -1.89. The van der Waals surface area contributed by atoms with Crippen molar-refractivity contribution in [3.8, 4) is 17.2 Å². The van der Waals surface area contributed by atoms with E-state index in [1.165, 1.54) is 11.8 Å². The molecule has 0 aliphatic carbocycles. The second-order valence-electron chi connectivity index (χ2n) is 4.64. The van der Waals surface area contributed by atoms with Crippen LogP contribution in [0.2, 0.25) is 0 Å². The Bertz CT molecular complexity index is 678. The van der Waals surface area contributed by atoms with Gasteiger partial charge in [0.25, 0.3) is 0 Å². The van der Waals surface area contributed by atoms with Crippen molar-refractivity contribution < 1.29 is 9.47 Å². The Morgan fingerprint density at radius 2 is 2.05 bits per heavy atom. The van der Waals surface area contributed by atoms with Gasteiger partial charge in [0.05, 0.1) is 5.69 Å². The Kier molecular flexibility index (Phi) is 3.43. The lowest BCUT2D eigenvalue weighted by molar-refractivity contribution is 0.171. The lowest BCUT2D eigenvalue weighted by atomic mass is 10.2. The molecule has 0 atom stereocenters. The second-order valence-corrected chi connectivity index (χ2v) is 6.18. The number of hydrogen-bond donors (Lipinski definition) is 1. The molecule has 0 spiro atoms. The quantitative estimate of drug-likeness (QED) is 0.874. The summed E-state index contributed by atoms with van der Waals surface area (Å²) in [6.07, 6.45) is 0. The molecule has 7 heteroatoms. The number of hydrogen-bond acceptors (Lipinski definition) is 5. The highest BCUT2D eigenvalue weighted by Crippen LogP contribution is 2.32. The zero-order valence-corrected chi connectivity index (χ0v) is 12.1. The minimum absolute atomic E-state index is 0.259. The topological polar surface area (TPSA) is 69.1 Å². The maximum atomic E-state index is 11.9. The third-order valence-corrected chi connectivity index (χ3v) is 3.72. The fraction of sp³-hybridized carbons (Fsp3) is 0.385. The smallest absolute Gasteiger partial charge is 0.348 e. The fourth-order valence-electron chi connectivity index (χ4n) is 1.97. The molecule has 1 aliphatic rings. The lowest BCUT2D eigenvalue weighted by Crippen LogP contribution is -2.18. The van der Waals surface area contributed by atoms with Gasteiger partial charge < -0.3 is 9.47 Å². The lowest BCUT2D eigenvalue weighted by Gasteiger charge is -2.19. The predicted octanol–water partition coefficient (Wildman–Crippen LogP) is 1.83. The molecule has 2 heterocycles. The number of nitrogens with zero attached hydrogens (tertiary/aromatic N) is 2. The van der Waals surface area contributed by atoms with Gasteiger partial charge in [-0.05, 0) is 12.1 Å². The van der Waals surface area contributed by atoms with Crippen LogP contribution >= 0.6 is 11.8 Å². The predicted molar refractivity (Wildman–Crippen MR) is 76.2 cm³/mol. The molecule has 1 aromatic carbocycles. The fourth-order valence-corrected chi connectivity index (χ4v) is 2.78. The second kappa shape index (κ2) is 5.24. The molecule has 0 unspecified atom stereocenters. The van der Waals surface area contributed by atoms with E-state index in [0.717, 1.165) is 5.69 Å². The van der Waals surface area contributed by atoms with E-state index in [1.54, 1.807) is 10.6 Å². The molecule has 0 amide bonds. The van der Waals surface area contributed by atoms with Gasteiger partial charge in [-0.1, -0.05) is 25.6 Å². The van der Waals surface area contributed by atoms with Crippen molar-refractivity contribution >= 4 is 11.8 Å². The van der Waals surface area contributed by atoms with E-state index in [2.05, 4.69) is 24.0 Å². The number of rotatable bonds is 3. The first-order valence-corrected chi connectivity index (χ1v) is 7.27. The van der Waals surface area contributed by atoms with E-state index in [-0.39, 0.29) is 5.69 Å². The van der Waals surface area contributed by atoms with Crippen LogP contribution in [0.15, 0.2) is 28.2 Å². The van der Waals surface area contributed by atoms with E-state index in [4.69, 9.17) is 9.47 Å². The molecular formula is C13H15N3O3S. The van der Waals surface area contributed by atoms with Crippen LogP contribution in [-0.2, 0) is 0 Å². The maximum Gasteiger partial charge on any atom is 0.348 e. The van der Waals surface area contributed by atoms with Crippen molar-refractivity contribution in [2.24, 2.45) is 0 Å². The highest BCUT2D eigenvalue weighted by Gasteiger charge is 2.16. The van der Waals surface area contributed by atoms with Crippen molar-refractivity contribution in [2.75, 3.05) is 13.2 Å². The number of aromatic nitrogens is 3. The molecule has 0 saturated heterocycles. The summed E-state index contributed by atoms with van der Waals surface area (Å²) in [4.78, 5) is 11.9. The largest absolute Gasteiger partial charge is 0.486 e. The normalized spacial score (nSPS) is 13.8. The van der Waals surface area contributed by atoms with Gasteiger partial charge in [-0.15, -0.1) is 5.10 Å². The third-order valence-electron chi connectivity index (χ3n) is 2.77. The van der Waals surface area contributed by atoms with Crippen molar-refractivity contribution in [3.63, 3.8) is 0 Å². The van der Waals surface area contributed by atoms with Crippen LogP contribution in [0.4, 0.5) is 0 Å². The molecule has 1 N–H and O–H groups in total. The summed E-state index contributed by atoms with van der Waals surface area (Å²) in [6.45, 7) is 5.17. The molecule has 106 valence electrons. The monoisotopic (exact) mass is 293 g/mol. The van der Waals surface area contributed by atoms with Gasteiger partial charge in [-0.2, -0.15) is 0 Å². The van der Waals surface area contributed by atoms with Gasteiger partial charge in [-0.3, -0.25) is 0 Å². The Labute approximate surface area is 120 Å². The summed E-state index contributed by atoms with van der Waals surface area (Å²) in [6, 6.07) is 5.44. The van der Waals surface area contributed by atoms with Crippen molar-refractivity contribution in [1.82, 2.24) is 14.8 Å². The average molecular weight is 293 g/mol. The first kappa shape index (κ1) is 13.1. The van der Waals surface area contributed by atoms with E-state index in [9.17, 15) is 4.79 Å². The van der Waals surface area contributed by atoms with Gasteiger partial charge >= 0.3 is 5.69 Å². The first-order chi connectivity index (χ1) is 9.65. The highest BCUT2D eigenvalue weighted by atomic mass is 32.2. The first-order valence-electron chi connectivity index (χ1n) is 6.39. The maximum absolute atomic E-state index is 11.9. The number of H-pyrrole nitrogens is 1. The summed E-state index contributed by atoms with van der Waals surface area (Å²) in [5.74, 6) is 1.36. The molecule has 1 aliphatic heterocycles. The summed E-state index contributed by atoms with van der Waals surface area (Å²) < 4.78 is 12.6. The van der Waals surface area contributed by atoms with Crippen LogP contribution in [-0.4, -0.2) is 33.2 Å². The molecule has 2 aromatic rings. The number of ether oxygens (including phenoxy) is 2. The van der Waals surface area contributed by atoms with Crippen LogP contribution in [0.3, 0.4) is 0 Å². The molecule has 20 heavy (non-hydrogen) atoms. The average Bonchev–Trinajstić information content (AvgIpc) is 2.78. The van der Waals surface area contributed by atoms with Crippen LogP contribution in [0.25, 0.3) is 5.69 Å².